The van der Waals surface area contributed by atoms with Crippen LogP contribution in [-0.2, 0) is 10.2 Å². The van der Waals surface area contributed by atoms with Crippen molar-refractivity contribution in [3.05, 3.63) is 23.3 Å². The molecule has 4 nitrogen and oxygen atoms in total. The minimum atomic E-state index is -0.795. The number of methoxy groups -OCH3 is 1. The summed E-state index contributed by atoms with van der Waals surface area (Å²) in [5.41, 5.74) is 0.585. The van der Waals surface area contributed by atoms with Crippen molar-refractivity contribution in [3.8, 4) is 11.5 Å². The number of carboxylic acid groups (broad SMARTS) is 1. The molecule has 17 heavy (non-hydrogen) atoms. The average Bonchev–Trinajstić information content (AvgIpc) is 2.20. The number of benzene rings is 1. The summed E-state index contributed by atoms with van der Waals surface area (Å²) in [6, 6.07) is 3.38. The first-order valence-corrected chi connectivity index (χ1v) is 5.63. The summed E-state index contributed by atoms with van der Waals surface area (Å²) in [5, 5.41) is 19.1. The lowest BCUT2D eigenvalue weighted by atomic mass is 9.64. The van der Waals surface area contributed by atoms with Crippen molar-refractivity contribution in [2.45, 2.75) is 31.6 Å². The first-order valence-electron chi connectivity index (χ1n) is 5.63. The molecule has 0 radical (unpaired) electrons. The molecule has 1 aliphatic rings. The van der Waals surface area contributed by atoms with Crippen molar-refractivity contribution >= 4 is 5.97 Å². The Balaban J connectivity index is 2.52. The summed E-state index contributed by atoms with van der Waals surface area (Å²) in [4.78, 5) is 11.4. The van der Waals surface area contributed by atoms with Crippen LogP contribution in [0.25, 0.3) is 0 Å². The van der Waals surface area contributed by atoms with Crippen LogP contribution >= 0.6 is 0 Å². The van der Waals surface area contributed by atoms with Gasteiger partial charge in [-0.1, -0.05) is 12.5 Å². The highest BCUT2D eigenvalue weighted by Gasteiger charge is 2.46. The SMILES string of the molecule is COc1cc(C2(C(=O)O)CCC2)cc(C)c1O. The lowest BCUT2D eigenvalue weighted by Gasteiger charge is -2.38. The molecule has 0 bridgehead atoms. The lowest BCUT2D eigenvalue weighted by Crippen LogP contribution is -2.42. The summed E-state index contributed by atoms with van der Waals surface area (Å²) in [5.74, 6) is -0.375. The smallest absolute Gasteiger partial charge is 0.314 e. The van der Waals surface area contributed by atoms with E-state index in [1.165, 1.54) is 7.11 Å². The zero-order chi connectivity index (χ0) is 12.6. The van der Waals surface area contributed by atoms with E-state index in [0.29, 0.717) is 24.2 Å². The van der Waals surface area contributed by atoms with Gasteiger partial charge in [-0.3, -0.25) is 4.79 Å². The summed E-state index contributed by atoms with van der Waals surface area (Å²) >= 11 is 0. The maximum atomic E-state index is 11.4. The van der Waals surface area contributed by atoms with Crippen molar-refractivity contribution < 1.29 is 19.7 Å². The Morgan fingerprint density at radius 2 is 2.06 bits per heavy atom. The monoisotopic (exact) mass is 236 g/mol. The number of hydrogen-bond acceptors (Lipinski definition) is 3. The number of phenols is 1. The molecule has 2 rings (SSSR count). The highest BCUT2D eigenvalue weighted by atomic mass is 16.5. The number of aromatic hydroxyl groups is 1. The minimum Gasteiger partial charge on any atom is -0.504 e. The van der Waals surface area contributed by atoms with Crippen LogP contribution in [0.2, 0.25) is 0 Å². The second-order valence-corrected chi connectivity index (χ2v) is 4.58. The van der Waals surface area contributed by atoms with Crippen LogP contribution in [0.1, 0.15) is 30.4 Å². The van der Waals surface area contributed by atoms with Gasteiger partial charge in [-0.2, -0.15) is 0 Å². The molecule has 1 fully saturated rings. The van der Waals surface area contributed by atoms with E-state index in [4.69, 9.17) is 4.74 Å². The lowest BCUT2D eigenvalue weighted by molar-refractivity contribution is -0.147. The Morgan fingerprint density at radius 3 is 2.47 bits per heavy atom. The number of aryl methyl sites for hydroxylation is 1. The summed E-state index contributed by atoms with van der Waals surface area (Å²) in [7, 11) is 1.46. The fraction of sp³-hybridized carbons (Fsp3) is 0.462. The Labute approximate surface area is 99.8 Å². The largest absolute Gasteiger partial charge is 0.504 e. The zero-order valence-electron chi connectivity index (χ0n) is 9.99. The van der Waals surface area contributed by atoms with Crippen LogP contribution in [-0.4, -0.2) is 23.3 Å². The second-order valence-electron chi connectivity index (χ2n) is 4.58. The summed E-state index contributed by atoms with van der Waals surface area (Å²) in [6.45, 7) is 1.75. The fourth-order valence-corrected chi connectivity index (χ4v) is 2.34. The van der Waals surface area contributed by atoms with Crippen molar-refractivity contribution in [1.82, 2.24) is 0 Å². The van der Waals surface area contributed by atoms with E-state index >= 15 is 0 Å². The van der Waals surface area contributed by atoms with E-state index in [1.54, 1.807) is 19.1 Å². The van der Waals surface area contributed by atoms with Gasteiger partial charge in [-0.25, -0.2) is 0 Å². The molecular weight excluding hydrogens is 220 g/mol. The number of rotatable bonds is 3. The van der Waals surface area contributed by atoms with Crippen molar-refractivity contribution in [2.75, 3.05) is 7.11 Å². The van der Waals surface area contributed by atoms with Crippen LogP contribution < -0.4 is 4.74 Å². The molecule has 0 unspecified atom stereocenters. The van der Waals surface area contributed by atoms with Gasteiger partial charge in [0.25, 0.3) is 0 Å². The van der Waals surface area contributed by atoms with Crippen LogP contribution in [0, 0.1) is 6.92 Å². The van der Waals surface area contributed by atoms with Crippen LogP contribution in [0.4, 0.5) is 0 Å². The number of hydrogen-bond donors (Lipinski definition) is 2. The van der Waals surface area contributed by atoms with E-state index < -0.39 is 11.4 Å². The molecule has 0 aromatic heterocycles. The molecule has 1 saturated carbocycles. The standard InChI is InChI=1S/C13H16O4/c1-8-6-9(7-10(17-2)11(8)14)13(12(15)16)4-3-5-13/h6-7,14H,3-5H2,1-2H3,(H,15,16). The first kappa shape index (κ1) is 11.8. The number of carboxylic acids is 1. The molecular formula is C13H16O4. The predicted molar refractivity (Wildman–Crippen MR) is 62.6 cm³/mol. The van der Waals surface area contributed by atoms with Gasteiger partial charge in [0.15, 0.2) is 11.5 Å². The van der Waals surface area contributed by atoms with E-state index in [1.807, 2.05) is 0 Å². The van der Waals surface area contributed by atoms with Gasteiger partial charge < -0.3 is 14.9 Å². The van der Waals surface area contributed by atoms with Gasteiger partial charge in [-0.05, 0) is 37.0 Å². The number of aliphatic carboxylic acids is 1. The molecule has 1 aromatic carbocycles. The number of ether oxygens (including phenoxy) is 1. The van der Waals surface area contributed by atoms with E-state index in [-0.39, 0.29) is 5.75 Å². The molecule has 4 heteroatoms. The Bertz CT molecular complexity index is 461. The van der Waals surface area contributed by atoms with Gasteiger partial charge in [0, 0.05) is 0 Å². The average molecular weight is 236 g/mol. The van der Waals surface area contributed by atoms with Crippen LogP contribution in [0.5, 0.6) is 11.5 Å². The second kappa shape index (κ2) is 3.95. The maximum absolute atomic E-state index is 11.4. The van der Waals surface area contributed by atoms with Crippen molar-refractivity contribution in [1.29, 1.82) is 0 Å². The highest BCUT2D eigenvalue weighted by molar-refractivity contribution is 5.83. The van der Waals surface area contributed by atoms with Gasteiger partial charge in [-0.15, -0.1) is 0 Å². The quantitative estimate of drug-likeness (QED) is 0.844. The zero-order valence-corrected chi connectivity index (χ0v) is 9.99. The van der Waals surface area contributed by atoms with Gasteiger partial charge in [0.1, 0.15) is 0 Å². The molecule has 2 N–H and O–H groups in total. The molecule has 0 spiro atoms. The topological polar surface area (TPSA) is 66.8 Å². The summed E-state index contributed by atoms with van der Waals surface area (Å²) in [6.07, 6.45) is 2.22. The van der Waals surface area contributed by atoms with Crippen LogP contribution in [0.3, 0.4) is 0 Å². The molecule has 0 amide bonds. The third-order valence-electron chi connectivity index (χ3n) is 3.65. The molecule has 92 valence electrons. The van der Waals surface area contributed by atoms with Crippen molar-refractivity contribution in [3.63, 3.8) is 0 Å². The minimum absolute atomic E-state index is 0.0797. The fourth-order valence-electron chi connectivity index (χ4n) is 2.34. The molecule has 1 aromatic rings. The normalized spacial score (nSPS) is 17.3. The molecule has 0 atom stereocenters. The molecule has 0 saturated heterocycles. The first-order chi connectivity index (χ1) is 8.01. The maximum Gasteiger partial charge on any atom is 0.314 e. The highest BCUT2D eigenvalue weighted by Crippen LogP contribution is 2.46. The third kappa shape index (κ3) is 1.64. The van der Waals surface area contributed by atoms with Crippen molar-refractivity contribution in [2.24, 2.45) is 0 Å². The molecule has 0 heterocycles. The number of carbonyl (C=O) groups is 1. The van der Waals surface area contributed by atoms with Gasteiger partial charge in [0.2, 0.25) is 0 Å². The van der Waals surface area contributed by atoms with Gasteiger partial charge in [0.05, 0.1) is 12.5 Å². The van der Waals surface area contributed by atoms with E-state index in [2.05, 4.69) is 0 Å². The summed E-state index contributed by atoms with van der Waals surface area (Å²) < 4.78 is 5.07. The Kier molecular flexibility index (Phi) is 2.73. The van der Waals surface area contributed by atoms with E-state index in [0.717, 1.165) is 12.0 Å². The Hall–Kier alpha value is -1.71. The number of phenolic OH excluding ortho intramolecular Hbond substituents is 1. The predicted octanol–water partition coefficient (Wildman–Crippen LogP) is 2.22. The molecule has 1 aliphatic carbocycles. The van der Waals surface area contributed by atoms with E-state index in [9.17, 15) is 15.0 Å². The van der Waals surface area contributed by atoms with Crippen LogP contribution in [0.15, 0.2) is 12.1 Å². The third-order valence-corrected chi connectivity index (χ3v) is 3.65. The Morgan fingerprint density at radius 1 is 1.41 bits per heavy atom. The molecule has 0 aliphatic heterocycles. The van der Waals surface area contributed by atoms with Gasteiger partial charge >= 0.3 is 5.97 Å².